The highest BCUT2D eigenvalue weighted by atomic mass is 32.2. The lowest BCUT2D eigenvalue weighted by Gasteiger charge is -2.06. The quantitative estimate of drug-likeness (QED) is 0.332. The Hall–Kier alpha value is -3.39. The Balaban J connectivity index is 1.59. The van der Waals surface area contributed by atoms with E-state index in [2.05, 4.69) is 10.4 Å². The number of carbonyl (C=O) groups is 2. The van der Waals surface area contributed by atoms with Gasteiger partial charge in [-0.25, -0.2) is 13.9 Å². The second-order valence-electron chi connectivity index (χ2n) is 6.69. The van der Waals surface area contributed by atoms with Crippen LogP contribution in [0.4, 0.5) is 10.1 Å². The number of anilines is 1. The van der Waals surface area contributed by atoms with Gasteiger partial charge in [0.05, 0.1) is 11.4 Å². The van der Waals surface area contributed by atoms with Crippen molar-refractivity contribution in [3.8, 4) is 5.69 Å². The van der Waals surface area contributed by atoms with Crippen LogP contribution in [0.25, 0.3) is 11.8 Å². The Labute approximate surface area is 184 Å². The molecule has 3 rings (SSSR count). The van der Waals surface area contributed by atoms with Crippen LogP contribution < -0.4 is 5.32 Å². The summed E-state index contributed by atoms with van der Waals surface area (Å²) in [4.78, 5) is 25.1. The van der Waals surface area contributed by atoms with E-state index in [-0.39, 0.29) is 12.4 Å². The van der Waals surface area contributed by atoms with Gasteiger partial charge in [-0.3, -0.25) is 4.79 Å². The zero-order chi connectivity index (χ0) is 22.4. The number of esters is 1. The SMILES string of the molecule is CSc1cccc(NC(=O)COC(=O)C=Cc2c(C)nn(-c3ccc(F)cc3)c2C)c1. The minimum absolute atomic E-state index is 0.325. The summed E-state index contributed by atoms with van der Waals surface area (Å²) in [5, 5.41) is 7.14. The summed E-state index contributed by atoms with van der Waals surface area (Å²) in [6.45, 7) is 3.28. The van der Waals surface area contributed by atoms with Gasteiger partial charge in [-0.1, -0.05) is 6.07 Å². The molecule has 1 aromatic heterocycles. The van der Waals surface area contributed by atoms with Crippen molar-refractivity contribution in [2.45, 2.75) is 18.7 Å². The standard InChI is InChI=1S/C23H22FN3O3S/c1-15-21(16(2)27(26-15)19-9-7-17(24)8-10-19)11-12-23(29)30-14-22(28)25-18-5-4-6-20(13-18)31-3/h4-13H,14H2,1-3H3,(H,25,28). The van der Waals surface area contributed by atoms with Crippen molar-refractivity contribution < 1.29 is 18.7 Å². The van der Waals surface area contributed by atoms with Crippen LogP contribution in [0.15, 0.2) is 59.5 Å². The Kier molecular flexibility index (Phi) is 7.25. The molecule has 0 saturated heterocycles. The first kappa shape index (κ1) is 22.3. The molecule has 0 fully saturated rings. The van der Waals surface area contributed by atoms with E-state index >= 15 is 0 Å². The second-order valence-corrected chi connectivity index (χ2v) is 7.57. The number of aromatic nitrogens is 2. The maximum Gasteiger partial charge on any atom is 0.331 e. The molecule has 8 heteroatoms. The molecule has 0 saturated carbocycles. The summed E-state index contributed by atoms with van der Waals surface area (Å²) < 4.78 is 19.9. The van der Waals surface area contributed by atoms with Crippen LogP contribution in [0.3, 0.4) is 0 Å². The zero-order valence-electron chi connectivity index (χ0n) is 17.4. The molecule has 160 valence electrons. The van der Waals surface area contributed by atoms with Crippen molar-refractivity contribution in [3.05, 3.63) is 77.4 Å². The monoisotopic (exact) mass is 439 g/mol. The fourth-order valence-corrected chi connectivity index (χ4v) is 3.42. The molecule has 2 aromatic carbocycles. The van der Waals surface area contributed by atoms with Gasteiger partial charge in [0.25, 0.3) is 5.91 Å². The highest BCUT2D eigenvalue weighted by molar-refractivity contribution is 7.98. The lowest BCUT2D eigenvalue weighted by atomic mass is 10.2. The van der Waals surface area contributed by atoms with E-state index in [0.29, 0.717) is 17.1 Å². The molecule has 0 spiro atoms. The van der Waals surface area contributed by atoms with Crippen molar-refractivity contribution in [1.29, 1.82) is 0 Å². The van der Waals surface area contributed by atoms with Gasteiger partial charge in [-0.2, -0.15) is 5.10 Å². The first-order valence-corrected chi connectivity index (χ1v) is 10.7. The molecule has 0 unspecified atom stereocenters. The van der Waals surface area contributed by atoms with Crippen molar-refractivity contribution in [2.75, 3.05) is 18.2 Å². The predicted molar refractivity (Wildman–Crippen MR) is 120 cm³/mol. The first-order chi connectivity index (χ1) is 14.9. The summed E-state index contributed by atoms with van der Waals surface area (Å²) in [6, 6.07) is 13.4. The molecule has 0 radical (unpaired) electrons. The van der Waals surface area contributed by atoms with Gasteiger partial charge >= 0.3 is 5.97 Å². The van der Waals surface area contributed by atoms with Gasteiger partial charge in [0.1, 0.15) is 5.82 Å². The van der Waals surface area contributed by atoms with Crippen molar-refractivity contribution >= 4 is 35.4 Å². The number of hydrogen-bond acceptors (Lipinski definition) is 5. The second kappa shape index (κ2) is 10.1. The molecular weight excluding hydrogens is 417 g/mol. The summed E-state index contributed by atoms with van der Waals surface area (Å²) in [5.41, 5.74) is 3.60. The number of ether oxygens (including phenoxy) is 1. The number of nitrogens with zero attached hydrogens (tertiary/aromatic N) is 2. The zero-order valence-corrected chi connectivity index (χ0v) is 18.2. The third-order valence-electron chi connectivity index (χ3n) is 4.50. The van der Waals surface area contributed by atoms with E-state index in [4.69, 9.17) is 4.74 Å². The van der Waals surface area contributed by atoms with Crippen molar-refractivity contribution in [3.63, 3.8) is 0 Å². The molecule has 0 aliphatic rings. The number of carbonyl (C=O) groups excluding carboxylic acids is 2. The minimum atomic E-state index is -0.638. The molecular formula is C23H22FN3O3S. The summed E-state index contributed by atoms with van der Waals surface area (Å²) in [5.74, 6) is -1.38. The molecule has 6 nitrogen and oxygen atoms in total. The lowest BCUT2D eigenvalue weighted by Crippen LogP contribution is -2.20. The highest BCUT2D eigenvalue weighted by Gasteiger charge is 2.12. The van der Waals surface area contributed by atoms with Crippen LogP contribution in [0.2, 0.25) is 0 Å². The molecule has 1 amide bonds. The number of benzene rings is 2. The van der Waals surface area contributed by atoms with Gasteiger partial charge in [-0.05, 0) is 68.6 Å². The fraction of sp³-hybridized carbons (Fsp3) is 0.174. The van der Waals surface area contributed by atoms with Crippen LogP contribution in [0, 0.1) is 19.7 Å². The van der Waals surface area contributed by atoms with E-state index in [1.165, 1.54) is 18.2 Å². The lowest BCUT2D eigenvalue weighted by molar-refractivity contribution is -0.142. The average Bonchev–Trinajstić information content (AvgIpc) is 3.04. The molecule has 0 aliphatic heterocycles. The summed E-state index contributed by atoms with van der Waals surface area (Å²) >= 11 is 1.57. The van der Waals surface area contributed by atoms with Gasteiger partial charge in [0, 0.05) is 27.9 Å². The van der Waals surface area contributed by atoms with Gasteiger partial charge in [0.2, 0.25) is 0 Å². The molecule has 0 bridgehead atoms. The Bertz CT molecular complexity index is 1120. The Morgan fingerprint density at radius 2 is 1.94 bits per heavy atom. The van der Waals surface area contributed by atoms with Gasteiger partial charge < -0.3 is 10.1 Å². The number of aryl methyl sites for hydroxylation is 1. The van der Waals surface area contributed by atoms with Gasteiger partial charge in [-0.15, -0.1) is 11.8 Å². The fourth-order valence-electron chi connectivity index (χ4n) is 2.96. The molecule has 1 N–H and O–H groups in total. The van der Waals surface area contributed by atoms with E-state index in [1.54, 1.807) is 40.7 Å². The van der Waals surface area contributed by atoms with Gasteiger partial charge in [0.15, 0.2) is 6.61 Å². The number of nitrogens with one attached hydrogen (secondary N) is 1. The summed E-state index contributed by atoms with van der Waals surface area (Å²) in [7, 11) is 0. The molecule has 31 heavy (non-hydrogen) atoms. The Morgan fingerprint density at radius 3 is 2.65 bits per heavy atom. The molecule has 1 heterocycles. The highest BCUT2D eigenvalue weighted by Crippen LogP contribution is 2.20. The Morgan fingerprint density at radius 1 is 1.19 bits per heavy atom. The number of rotatable bonds is 7. The smallest absolute Gasteiger partial charge is 0.331 e. The normalized spacial score (nSPS) is 11.0. The van der Waals surface area contributed by atoms with E-state index in [1.807, 2.05) is 38.3 Å². The maximum atomic E-state index is 13.2. The third kappa shape index (κ3) is 5.82. The summed E-state index contributed by atoms with van der Waals surface area (Å²) in [6.07, 6.45) is 4.80. The van der Waals surface area contributed by atoms with Crippen LogP contribution in [0.5, 0.6) is 0 Å². The largest absolute Gasteiger partial charge is 0.452 e. The topological polar surface area (TPSA) is 73.2 Å². The van der Waals surface area contributed by atoms with Crippen LogP contribution in [0.1, 0.15) is 17.0 Å². The molecule has 0 aliphatic carbocycles. The van der Waals surface area contributed by atoms with Crippen molar-refractivity contribution in [2.24, 2.45) is 0 Å². The first-order valence-electron chi connectivity index (χ1n) is 9.48. The number of halogens is 1. The van der Waals surface area contributed by atoms with E-state index in [9.17, 15) is 14.0 Å². The maximum absolute atomic E-state index is 13.2. The average molecular weight is 440 g/mol. The van der Waals surface area contributed by atoms with E-state index in [0.717, 1.165) is 16.2 Å². The molecule has 3 aromatic rings. The van der Waals surface area contributed by atoms with Crippen LogP contribution in [-0.2, 0) is 14.3 Å². The minimum Gasteiger partial charge on any atom is -0.452 e. The van der Waals surface area contributed by atoms with E-state index < -0.39 is 11.9 Å². The number of thioether (sulfide) groups is 1. The van der Waals surface area contributed by atoms with Crippen LogP contribution >= 0.6 is 11.8 Å². The number of hydrogen-bond donors (Lipinski definition) is 1. The van der Waals surface area contributed by atoms with Crippen LogP contribution in [-0.4, -0.2) is 34.5 Å². The molecule has 0 atom stereocenters. The number of amides is 1. The third-order valence-corrected chi connectivity index (χ3v) is 5.23. The predicted octanol–water partition coefficient (Wildman–Crippen LogP) is 4.55. The van der Waals surface area contributed by atoms with Crippen molar-refractivity contribution in [1.82, 2.24) is 9.78 Å².